The van der Waals surface area contributed by atoms with Crippen LogP contribution in [0.2, 0.25) is 5.02 Å². The standard InChI is InChI=1S/C22H32ClN7O2/c1-21(2,3)32-20(31)30-9-8-22(14-30)7-5-6-15(10-22)26-18-17(23)12-24-19(28-18)27-16-11-25-29(4)13-16/h11-13,15H,5-10,14H2,1-4H3,(H2,24,26,27,28). The van der Waals surface area contributed by atoms with Crippen LogP contribution in [0, 0.1) is 5.41 Å². The second-order valence-electron chi connectivity index (χ2n) is 10.0. The van der Waals surface area contributed by atoms with Gasteiger partial charge < -0.3 is 20.3 Å². The second kappa shape index (κ2) is 8.77. The van der Waals surface area contributed by atoms with Crippen LogP contribution in [0.25, 0.3) is 0 Å². The Hall–Kier alpha value is -2.55. The lowest BCUT2D eigenvalue weighted by molar-refractivity contribution is 0.0261. The van der Waals surface area contributed by atoms with Crippen LogP contribution in [0.4, 0.5) is 22.2 Å². The molecule has 2 atom stereocenters. The zero-order valence-electron chi connectivity index (χ0n) is 19.2. The van der Waals surface area contributed by atoms with E-state index in [2.05, 4.69) is 25.7 Å². The van der Waals surface area contributed by atoms with Gasteiger partial charge in [0.05, 0.1) is 18.1 Å². The highest BCUT2D eigenvalue weighted by Gasteiger charge is 2.44. The molecule has 9 nitrogen and oxygen atoms in total. The van der Waals surface area contributed by atoms with Crippen molar-refractivity contribution in [2.45, 2.75) is 64.5 Å². The Kier molecular flexibility index (Phi) is 6.20. The maximum atomic E-state index is 12.5. The number of likely N-dealkylation sites (tertiary alicyclic amines) is 1. The van der Waals surface area contributed by atoms with Gasteiger partial charge in [-0.2, -0.15) is 10.1 Å². The van der Waals surface area contributed by atoms with Crippen molar-refractivity contribution in [2.24, 2.45) is 12.5 Å². The smallest absolute Gasteiger partial charge is 0.410 e. The number of nitrogens with one attached hydrogen (secondary N) is 2. The third kappa shape index (κ3) is 5.43. The zero-order chi connectivity index (χ0) is 22.9. The minimum absolute atomic E-state index is 0.114. The summed E-state index contributed by atoms with van der Waals surface area (Å²) in [5.41, 5.74) is 0.448. The average Bonchev–Trinajstić information content (AvgIpc) is 3.30. The Labute approximate surface area is 193 Å². The molecule has 2 N–H and O–H groups in total. The van der Waals surface area contributed by atoms with E-state index >= 15 is 0 Å². The Balaban J connectivity index is 1.40. The molecule has 0 aromatic carbocycles. The van der Waals surface area contributed by atoms with Gasteiger partial charge in [0.15, 0.2) is 5.82 Å². The Bertz CT molecular complexity index is 973. The van der Waals surface area contributed by atoms with E-state index in [0.29, 0.717) is 16.8 Å². The van der Waals surface area contributed by atoms with E-state index in [9.17, 15) is 4.79 Å². The fraction of sp³-hybridized carbons (Fsp3) is 0.636. The molecule has 2 fully saturated rings. The van der Waals surface area contributed by atoms with Gasteiger partial charge in [-0.1, -0.05) is 18.0 Å². The maximum Gasteiger partial charge on any atom is 0.410 e. The summed E-state index contributed by atoms with van der Waals surface area (Å²) in [4.78, 5) is 23.3. The van der Waals surface area contributed by atoms with Crippen LogP contribution >= 0.6 is 11.6 Å². The molecule has 2 aliphatic rings. The first-order chi connectivity index (χ1) is 15.1. The minimum atomic E-state index is -0.477. The molecule has 0 radical (unpaired) electrons. The van der Waals surface area contributed by atoms with Crippen LogP contribution in [-0.4, -0.2) is 55.5 Å². The van der Waals surface area contributed by atoms with Gasteiger partial charge >= 0.3 is 6.09 Å². The van der Waals surface area contributed by atoms with E-state index in [-0.39, 0.29) is 17.6 Å². The Morgan fingerprint density at radius 2 is 2.12 bits per heavy atom. The fourth-order valence-corrected chi connectivity index (χ4v) is 4.84. The van der Waals surface area contributed by atoms with E-state index < -0.39 is 5.60 Å². The summed E-state index contributed by atoms with van der Waals surface area (Å²) in [6.45, 7) is 7.20. The summed E-state index contributed by atoms with van der Waals surface area (Å²) in [7, 11) is 1.85. The van der Waals surface area contributed by atoms with Crippen LogP contribution in [0.3, 0.4) is 0 Å². The molecule has 2 unspecified atom stereocenters. The highest BCUT2D eigenvalue weighted by Crippen LogP contribution is 2.45. The quantitative estimate of drug-likeness (QED) is 0.687. The van der Waals surface area contributed by atoms with Gasteiger partial charge in [0.2, 0.25) is 5.95 Å². The zero-order valence-corrected chi connectivity index (χ0v) is 19.9. The number of rotatable bonds is 4. The highest BCUT2D eigenvalue weighted by atomic mass is 35.5. The van der Waals surface area contributed by atoms with Gasteiger partial charge in [-0.25, -0.2) is 9.78 Å². The van der Waals surface area contributed by atoms with Crippen LogP contribution in [0.5, 0.6) is 0 Å². The van der Waals surface area contributed by atoms with Crippen molar-refractivity contribution in [2.75, 3.05) is 23.7 Å². The molecule has 1 spiro atoms. The summed E-state index contributed by atoms with van der Waals surface area (Å²) in [5.74, 6) is 1.09. The maximum absolute atomic E-state index is 12.5. The number of halogens is 1. The molecule has 0 bridgehead atoms. The number of ether oxygens (including phenoxy) is 1. The number of hydrogen-bond acceptors (Lipinski definition) is 7. The number of hydrogen-bond donors (Lipinski definition) is 2. The van der Waals surface area contributed by atoms with Gasteiger partial charge in [0, 0.05) is 32.4 Å². The van der Waals surface area contributed by atoms with E-state index in [0.717, 1.165) is 50.9 Å². The van der Waals surface area contributed by atoms with E-state index in [1.165, 1.54) is 0 Å². The van der Waals surface area contributed by atoms with Crippen molar-refractivity contribution < 1.29 is 9.53 Å². The monoisotopic (exact) mass is 461 g/mol. The Morgan fingerprint density at radius 3 is 2.84 bits per heavy atom. The normalized spacial score (nSPS) is 23.4. The third-order valence-corrected chi connectivity index (χ3v) is 6.35. The summed E-state index contributed by atoms with van der Waals surface area (Å²) in [6, 6.07) is 0.237. The number of carbonyl (C=O) groups excluding carboxylic acids is 1. The van der Waals surface area contributed by atoms with Crippen LogP contribution in [-0.2, 0) is 11.8 Å². The van der Waals surface area contributed by atoms with Crippen molar-refractivity contribution in [3.8, 4) is 0 Å². The molecule has 174 valence electrons. The molecule has 4 rings (SSSR count). The molecule has 3 heterocycles. The number of aryl methyl sites for hydroxylation is 1. The molecule has 1 aliphatic carbocycles. The number of amides is 1. The molecule has 1 saturated carbocycles. The van der Waals surface area contributed by atoms with Crippen molar-refractivity contribution in [1.82, 2.24) is 24.6 Å². The molecular weight excluding hydrogens is 430 g/mol. The summed E-state index contributed by atoms with van der Waals surface area (Å²) in [6.07, 6.45) is 10.2. The van der Waals surface area contributed by atoms with Crippen molar-refractivity contribution in [3.63, 3.8) is 0 Å². The lowest BCUT2D eigenvalue weighted by Gasteiger charge is -2.38. The lowest BCUT2D eigenvalue weighted by Crippen LogP contribution is -2.40. The highest BCUT2D eigenvalue weighted by molar-refractivity contribution is 6.32. The van der Waals surface area contributed by atoms with Gasteiger partial charge in [-0.15, -0.1) is 0 Å². The SMILES string of the molecule is Cn1cc(Nc2ncc(Cl)c(NC3CCCC4(CCN(C(=O)OC(C)(C)C)C4)C3)n2)cn1. The second-order valence-corrected chi connectivity index (χ2v) is 10.4. The minimum Gasteiger partial charge on any atom is -0.444 e. The van der Waals surface area contributed by atoms with E-state index in [1.807, 2.05) is 38.9 Å². The summed E-state index contributed by atoms with van der Waals surface area (Å²) < 4.78 is 7.29. The van der Waals surface area contributed by atoms with Crippen LogP contribution < -0.4 is 10.6 Å². The molecule has 10 heteroatoms. The van der Waals surface area contributed by atoms with Gasteiger partial charge in [0.1, 0.15) is 10.6 Å². The molecule has 2 aromatic heterocycles. The average molecular weight is 462 g/mol. The predicted octanol–water partition coefficient (Wildman–Crippen LogP) is 4.59. The molecule has 32 heavy (non-hydrogen) atoms. The summed E-state index contributed by atoms with van der Waals surface area (Å²) >= 11 is 6.40. The lowest BCUT2D eigenvalue weighted by atomic mass is 9.71. The molecular formula is C22H32ClN7O2. The topological polar surface area (TPSA) is 97.2 Å². The first-order valence-corrected chi connectivity index (χ1v) is 11.5. The van der Waals surface area contributed by atoms with Gasteiger partial charge in [0.25, 0.3) is 0 Å². The molecule has 1 amide bonds. The molecule has 1 aliphatic heterocycles. The van der Waals surface area contributed by atoms with Crippen molar-refractivity contribution >= 4 is 35.1 Å². The number of anilines is 3. The first-order valence-electron chi connectivity index (χ1n) is 11.1. The third-order valence-electron chi connectivity index (χ3n) is 6.08. The van der Waals surface area contributed by atoms with Gasteiger partial charge in [-0.3, -0.25) is 4.68 Å². The molecule has 1 saturated heterocycles. The van der Waals surface area contributed by atoms with E-state index in [4.69, 9.17) is 16.3 Å². The molecule has 2 aromatic rings. The van der Waals surface area contributed by atoms with Crippen molar-refractivity contribution in [3.05, 3.63) is 23.6 Å². The van der Waals surface area contributed by atoms with Crippen molar-refractivity contribution in [1.29, 1.82) is 0 Å². The number of carbonyl (C=O) groups is 1. The predicted molar refractivity (Wildman–Crippen MR) is 124 cm³/mol. The number of nitrogens with zero attached hydrogens (tertiary/aromatic N) is 5. The Morgan fingerprint density at radius 1 is 1.31 bits per heavy atom. The fourth-order valence-electron chi connectivity index (χ4n) is 4.70. The number of aromatic nitrogens is 4. The first kappa shape index (κ1) is 22.6. The largest absolute Gasteiger partial charge is 0.444 e. The van der Waals surface area contributed by atoms with Crippen LogP contribution in [0.1, 0.15) is 52.9 Å². The summed E-state index contributed by atoms with van der Waals surface area (Å²) in [5, 5.41) is 11.3. The van der Waals surface area contributed by atoms with E-state index in [1.54, 1.807) is 17.1 Å². The van der Waals surface area contributed by atoms with Crippen LogP contribution in [0.15, 0.2) is 18.6 Å². The van der Waals surface area contributed by atoms with Gasteiger partial charge in [-0.05, 0) is 51.9 Å².